The lowest BCUT2D eigenvalue weighted by Gasteiger charge is -2.24. The molecule has 0 aliphatic rings. The predicted octanol–water partition coefficient (Wildman–Crippen LogP) is 5.62. The summed E-state index contributed by atoms with van der Waals surface area (Å²) in [5.41, 5.74) is 1.06. The van der Waals surface area contributed by atoms with Crippen LogP contribution in [0.15, 0.2) is 48.6 Å². The van der Waals surface area contributed by atoms with Crippen molar-refractivity contribution < 1.29 is 18.6 Å². The third-order valence-corrected chi connectivity index (χ3v) is 4.06. The van der Waals surface area contributed by atoms with E-state index in [1.165, 1.54) is 0 Å². The minimum atomic E-state index is -1.79. The molecule has 0 aliphatic carbocycles. The molecule has 0 unspecified atom stereocenters. The van der Waals surface area contributed by atoms with E-state index in [2.05, 4.69) is 26.6 Å². The summed E-state index contributed by atoms with van der Waals surface area (Å²) in [4.78, 5) is 0. The highest BCUT2D eigenvalue weighted by Crippen LogP contribution is 2.18. The molecule has 0 spiro atoms. The zero-order valence-electron chi connectivity index (χ0n) is 16.4. The van der Waals surface area contributed by atoms with E-state index in [9.17, 15) is 0 Å². The van der Waals surface area contributed by atoms with Gasteiger partial charge in [-0.15, -0.1) is 0 Å². The average Bonchev–Trinajstić information content (AvgIpc) is 2.54. The number of rotatable bonds is 11. The summed E-state index contributed by atoms with van der Waals surface area (Å²) in [6.07, 6.45) is 7.63. The summed E-state index contributed by atoms with van der Waals surface area (Å²) in [6, 6.07) is 7.79. The second kappa shape index (κ2) is 10.9. The molecule has 0 fully saturated rings. The topological polar surface area (TPSA) is 36.9 Å². The number of hydrogen-bond donors (Lipinski definition) is 0. The Balaban J connectivity index is 2.73. The molecule has 1 aromatic rings. The Morgan fingerprint density at radius 1 is 1.16 bits per heavy atom. The fraction of sp³-hybridized carbons (Fsp3) is 0.500. The highest BCUT2D eigenvalue weighted by molar-refractivity contribution is 6.69. The van der Waals surface area contributed by atoms with Crippen LogP contribution in [-0.4, -0.2) is 21.5 Å². The Morgan fingerprint density at radius 3 is 2.36 bits per heavy atom. The third kappa shape index (κ3) is 9.24. The van der Waals surface area contributed by atoms with E-state index in [1.54, 1.807) is 13.4 Å². The maximum absolute atomic E-state index is 6.03. The molecule has 0 aromatic heterocycles. The van der Waals surface area contributed by atoms with Crippen molar-refractivity contribution >= 4 is 8.32 Å². The van der Waals surface area contributed by atoms with Crippen molar-refractivity contribution in [3.63, 3.8) is 0 Å². The molecule has 0 heterocycles. The average molecular weight is 365 g/mol. The van der Waals surface area contributed by atoms with Crippen molar-refractivity contribution in [2.75, 3.05) is 7.11 Å². The summed E-state index contributed by atoms with van der Waals surface area (Å²) in [6.45, 7) is 11.0. The van der Waals surface area contributed by atoms with E-state index in [-0.39, 0.29) is 6.10 Å². The van der Waals surface area contributed by atoms with E-state index in [0.717, 1.165) is 24.2 Å². The largest absolute Gasteiger partial charge is 0.518 e. The first-order valence-electron chi connectivity index (χ1n) is 8.81. The Hall–Kier alpha value is -1.88. The first-order chi connectivity index (χ1) is 11.9. The first kappa shape index (κ1) is 21.2. The molecule has 0 saturated heterocycles. The van der Waals surface area contributed by atoms with Crippen LogP contribution >= 0.6 is 0 Å². The minimum Gasteiger partial charge on any atom is -0.518 e. The fourth-order valence-electron chi connectivity index (χ4n) is 2.15. The zero-order chi connectivity index (χ0) is 18.7. The Morgan fingerprint density at radius 2 is 1.84 bits per heavy atom. The fourth-order valence-corrected chi connectivity index (χ4v) is 2.85. The van der Waals surface area contributed by atoms with Crippen LogP contribution in [-0.2, 0) is 20.5 Å². The Labute approximate surface area is 153 Å². The van der Waals surface area contributed by atoms with Crippen molar-refractivity contribution in [1.82, 2.24) is 0 Å². The van der Waals surface area contributed by atoms with Crippen LogP contribution in [0.25, 0.3) is 0 Å². The molecule has 25 heavy (non-hydrogen) atoms. The molecule has 140 valence electrons. The molecule has 0 N–H and O–H groups in total. The number of ether oxygens (including phenoxy) is 3. The standard InChI is InChI=1S/C20H32O4Si/c1-7-9-19(10-8-2)23-20(24-25(4,5)6)16-22-15-17-11-13-18(21-3)14-12-17/h7,9,11-14,16,19H,8,10,15H2,1-6H3/b9-7-,20-16-/t19-/m0/s1. The lowest BCUT2D eigenvalue weighted by Crippen LogP contribution is -2.27. The number of hydrogen-bond acceptors (Lipinski definition) is 4. The van der Waals surface area contributed by atoms with Gasteiger partial charge in [-0.1, -0.05) is 31.6 Å². The number of benzene rings is 1. The lowest BCUT2D eigenvalue weighted by atomic mass is 10.2. The summed E-state index contributed by atoms with van der Waals surface area (Å²) in [5, 5.41) is 0. The van der Waals surface area contributed by atoms with Crippen LogP contribution in [0.5, 0.6) is 5.75 Å². The smallest absolute Gasteiger partial charge is 0.302 e. The van der Waals surface area contributed by atoms with Crippen molar-refractivity contribution in [3.8, 4) is 5.75 Å². The molecule has 0 bridgehead atoms. The van der Waals surface area contributed by atoms with Crippen LogP contribution in [0, 0.1) is 0 Å². The van der Waals surface area contributed by atoms with E-state index in [4.69, 9.17) is 18.6 Å². The van der Waals surface area contributed by atoms with Crippen molar-refractivity contribution in [2.45, 2.75) is 59.0 Å². The highest BCUT2D eigenvalue weighted by Gasteiger charge is 2.20. The van der Waals surface area contributed by atoms with Gasteiger partial charge >= 0.3 is 5.95 Å². The minimum absolute atomic E-state index is 0.00202. The van der Waals surface area contributed by atoms with Crippen LogP contribution in [0.1, 0.15) is 32.3 Å². The van der Waals surface area contributed by atoms with Gasteiger partial charge in [0.1, 0.15) is 18.5 Å². The normalized spacial score (nSPS) is 13.6. The second-order valence-corrected chi connectivity index (χ2v) is 11.2. The lowest BCUT2D eigenvalue weighted by molar-refractivity contribution is 0.0444. The maximum atomic E-state index is 6.03. The van der Waals surface area contributed by atoms with Crippen LogP contribution in [0.4, 0.5) is 0 Å². The first-order valence-corrected chi connectivity index (χ1v) is 12.2. The van der Waals surface area contributed by atoms with Gasteiger partial charge in [-0.2, -0.15) is 0 Å². The van der Waals surface area contributed by atoms with Gasteiger partial charge in [0.2, 0.25) is 8.32 Å². The summed E-state index contributed by atoms with van der Waals surface area (Å²) in [7, 11) is -0.133. The van der Waals surface area contributed by atoms with Gasteiger partial charge in [0, 0.05) is 0 Å². The van der Waals surface area contributed by atoms with E-state index in [0.29, 0.717) is 12.6 Å². The van der Waals surface area contributed by atoms with Gasteiger partial charge in [-0.05, 0) is 56.8 Å². The van der Waals surface area contributed by atoms with Crippen molar-refractivity contribution in [3.05, 3.63) is 54.2 Å². The predicted molar refractivity (Wildman–Crippen MR) is 105 cm³/mol. The highest BCUT2D eigenvalue weighted by atomic mass is 28.4. The molecule has 1 aromatic carbocycles. The summed E-state index contributed by atoms with van der Waals surface area (Å²) in [5.74, 6) is 1.29. The van der Waals surface area contributed by atoms with Gasteiger partial charge < -0.3 is 18.6 Å². The summed E-state index contributed by atoms with van der Waals surface area (Å²) >= 11 is 0. The van der Waals surface area contributed by atoms with Crippen molar-refractivity contribution in [1.29, 1.82) is 0 Å². The van der Waals surface area contributed by atoms with E-state index < -0.39 is 8.32 Å². The van der Waals surface area contributed by atoms with E-state index in [1.807, 2.05) is 43.3 Å². The number of methoxy groups -OCH3 is 1. The molecule has 0 saturated carbocycles. The molecular weight excluding hydrogens is 332 g/mol. The van der Waals surface area contributed by atoms with E-state index >= 15 is 0 Å². The van der Waals surface area contributed by atoms with Gasteiger partial charge in [-0.25, -0.2) is 0 Å². The SMILES string of the molecule is C/C=C\[C@@H](CCC)O/C(=C/OCc1ccc(OC)cc1)O[Si](C)(C)C. The maximum Gasteiger partial charge on any atom is 0.302 e. The van der Waals surface area contributed by atoms with Gasteiger partial charge in [0.05, 0.1) is 7.11 Å². The molecular formula is C20H32O4Si. The Bertz CT molecular complexity index is 544. The molecule has 0 aliphatic heterocycles. The zero-order valence-corrected chi connectivity index (χ0v) is 17.4. The molecule has 1 atom stereocenters. The second-order valence-electron chi connectivity index (χ2n) is 6.78. The Kier molecular flexibility index (Phi) is 9.20. The third-order valence-electron chi connectivity index (χ3n) is 3.24. The molecule has 4 nitrogen and oxygen atoms in total. The van der Waals surface area contributed by atoms with Crippen LogP contribution < -0.4 is 4.74 Å². The quantitative estimate of drug-likeness (QED) is 0.290. The van der Waals surface area contributed by atoms with Gasteiger partial charge in [0.25, 0.3) is 0 Å². The molecule has 0 amide bonds. The molecule has 0 radical (unpaired) electrons. The van der Waals surface area contributed by atoms with Crippen LogP contribution in [0.2, 0.25) is 19.6 Å². The summed E-state index contributed by atoms with van der Waals surface area (Å²) < 4.78 is 22.9. The molecule has 5 heteroatoms. The number of allylic oxidation sites excluding steroid dienone is 1. The van der Waals surface area contributed by atoms with Gasteiger partial charge in [0.15, 0.2) is 6.26 Å². The monoisotopic (exact) mass is 364 g/mol. The molecule has 1 rings (SSSR count). The van der Waals surface area contributed by atoms with Crippen molar-refractivity contribution in [2.24, 2.45) is 0 Å². The van der Waals surface area contributed by atoms with Gasteiger partial charge in [-0.3, -0.25) is 0 Å². The van der Waals surface area contributed by atoms with Crippen LogP contribution in [0.3, 0.4) is 0 Å².